The highest BCUT2D eigenvalue weighted by Crippen LogP contribution is 2.09. The standard InChI is InChI=1S/C14H19NO3S/c1-3-11-4-6-12(7-5-11)8-15(2)13(16)9-19-10-14(17)18/h4-7H,3,8-10H2,1-2H3,(H,17,18). The fraction of sp³-hybridized carbons (Fsp3) is 0.429. The monoisotopic (exact) mass is 281 g/mol. The first-order valence-corrected chi connectivity index (χ1v) is 7.29. The van der Waals surface area contributed by atoms with Gasteiger partial charge >= 0.3 is 5.97 Å². The molecule has 0 aromatic heterocycles. The van der Waals surface area contributed by atoms with Gasteiger partial charge in [0.2, 0.25) is 5.91 Å². The Balaban J connectivity index is 2.42. The van der Waals surface area contributed by atoms with Crippen LogP contribution >= 0.6 is 11.8 Å². The van der Waals surface area contributed by atoms with Crippen molar-refractivity contribution in [1.82, 2.24) is 4.90 Å². The van der Waals surface area contributed by atoms with Gasteiger partial charge in [-0.05, 0) is 17.5 Å². The molecule has 0 bridgehead atoms. The minimum atomic E-state index is -0.893. The van der Waals surface area contributed by atoms with Crippen LogP contribution in [-0.4, -0.2) is 40.4 Å². The lowest BCUT2D eigenvalue weighted by Crippen LogP contribution is -2.28. The van der Waals surface area contributed by atoms with E-state index in [9.17, 15) is 9.59 Å². The molecule has 0 spiro atoms. The van der Waals surface area contributed by atoms with Crippen LogP contribution < -0.4 is 0 Å². The van der Waals surface area contributed by atoms with E-state index in [4.69, 9.17) is 5.11 Å². The number of rotatable bonds is 7. The van der Waals surface area contributed by atoms with Crippen LogP contribution in [0.2, 0.25) is 0 Å². The number of carbonyl (C=O) groups excluding carboxylic acids is 1. The van der Waals surface area contributed by atoms with E-state index in [2.05, 4.69) is 19.1 Å². The lowest BCUT2D eigenvalue weighted by atomic mass is 10.1. The van der Waals surface area contributed by atoms with Crippen molar-refractivity contribution in [3.05, 3.63) is 35.4 Å². The minimum Gasteiger partial charge on any atom is -0.481 e. The molecule has 0 saturated carbocycles. The maximum Gasteiger partial charge on any atom is 0.313 e. The number of amides is 1. The van der Waals surface area contributed by atoms with Crippen LogP contribution in [0, 0.1) is 0 Å². The number of benzene rings is 1. The number of thioether (sulfide) groups is 1. The Labute approximate surface area is 117 Å². The van der Waals surface area contributed by atoms with Gasteiger partial charge in [0, 0.05) is 13.6 Å². The van der Waals surface area contributed by atoms with Crippen LogP contribution in [0.25, 0.3) is 0 Å². The number of hydrogen-bond acceptors (Lipinski definition) is 3. The number of carboxylic acid groups (broad SMARTS) is 1. The summed E-state index contributed by atoms with van der Waals surface area (Å²) < 4.78 is 0. The summed E-state index contributed by atoms with van der Waals surface area (Å²) in [6, 6.07) is 8.17. The average molecular weight is 281 g/mol. The van der Waals surface area contributed by atoms with Crippen LogP contribution in [0.4, 0.5) is 0 Å². The van der Waals surface area contributed by atoms with Crippen LogP contribution in [-0.2, 0) is 22.6 Å². The molecule has 1 aromatic carbocycles. The molecule has 0 unspecified atom stereocenters. The number of hydrogen-bond donors (Lipinski definition) is 1. The van der Waals surface area contributed by atoms with Crippen molar-refractivity contribution >= 4 is 23.6 Å². The van der Waals surface area contributed by atoms with Gasteiger partial charge in [-0.1, -0.05) is 31.2 Å². The SMILES string of the molecule is CCc1ccc(CN(C)C(=O)CSCC(=O)O)cc1. The Hall–Kier alpha value is -1.49. The Morgan fingerprint density at radius 3 is 2.26 bits per heavy atom. The van der Waals surface area contributed by atoms with Crippen LogP contribution in [0.1, 0.15) is 18.1 Å². The second kappa shape index (κ2) is 7.84. The summed E-state index contributed by atoms with van der Waals surface area (Å²) in [5.74, 6) is -0.776. The van der Waals surface area contributed by atoms with Gasteiger partial charge in [0.15, 0.2) is 0 Å². The Morgan fingerprint density at radius 1 is 1.16 bits per heavy atom. The summed E-state index contributed by atoms with van der Waals surface area (Å²) in [5.41, 5.74) is 2.35. The molecular formula is C14H19NO3S. The summed E-state index contributed by atoms with van der Waals surface area (Å²) in [7, 11) is 1.73. The molecule has 1 N–H and O–H groups in total. The van der Waals surface area contributed by atoms with Gasteiger partial charge < -0.3 is 10.0 Å². The molecule has 1 amide bonds. The third kappa shape index (κ3) is 5.79. The summed E-state index contributed by atoms with van der Waals surface area (Å²) in [5, 5.41) is 8.50. The van der Waals surface area contributed by atoms with E-state index in [1.54, 1.807) is 11.9 Å². The minimum absolute atomic E-state index is 0.0369. The molecule has 0 atom stereocenters. The first kappa shape index (κ1) is 15.6. The van der Waals surface area contributed by atoms with Crippen molar-refractivity contribution in [2.24, 2.45) is 0 Å². The lowest BCUT2D eigenvalue weighted by Gasteiger charge is -2.17. The summed E-state index contributed by atoms with van der Waals surface area (Å²) in [6.07, 6.45) is 1.00. The average Bonchev–Trinajstić information content (AvgIpc) is 2.39. The van der Waals surface area contributed by atoms with Crippen LogP contribution in [0.5, 0.6) is 0 Å². The van der Waals surface area contributed by atoms with E-state index in [1.165, 1.54) is 5.56 Å². The second-order valence-corrected chi connectivity index (χ2v) is 5.29. The van der Waals surface area contributed by atoms with E-state index >= 15 is 0 Å². The van der Waals surface area contributed by atoms with Gasteiger partial charge in [-0.25, -0.2) is 0 Å². The molecule has 104 valence electrons. The van der Waals surface area contributed by atoms with Crippen molar-refractivity contribution in [1.29, 1.82) is 0 Å². The largest absolute Gasteiger partial charge is 0.481 e. The maximum atomic E-state index is 11.8. The Bertz CT molecular complexity index is 431. The molecule has 1 rings (SSSR count). The fourth-order valence-corrected chi connectivity index (χ4v) is 2.25. The molecule has 5 heteroatoms. The zero-order chi connectivity index (χ0) is 14.3. The third-order valence-corrected chi connectivity index (χ3v) is 3.63. The number of aryl methyl sites for hydroxylation is 1. The van der Waals surface area contributed by atoms with Crippen LogP contribution in [0.15, 0.2) is 24.3 Å². The van der Waals surface area contributed by atoms with E-state index in [-0.39, 0.29) is 17.4 Å². The quantitative estimate of drug-likeness (QED) is 0.831. The van der Waals surface area contributed by atoms with E-state index in [0.29, 0.717) is 6.54 Å². The van der Waals surface area contributed by atoms with Crippen molar-refractivity contribution in [3.8, 4) is 0 Å². The van der Waals surface area contributed by atoms with Crippen molar-refractivity contribution in [3.63, 3.8) is 0 Å². The molecule has 0 fully saturated rings. The number of carboxylic acids is 1. The van der Waals surface area contributed by atoms with Crippen molar-refractivity contribution < 1.29 is 14.7 Å². The third-order valence-electron chi connectivity index (χ3n) is 2.73. The maximum absolute atomic E-state index is 11.8. The smallest absolute Gasteiger partial charge is 0.313 e. The number of aliphatic carboxylic acids is 1. The number of nitrogens with zero attached hydrogens (tertiary/aromatic N) is 1. The molecule has 4 nitrogen and oxygen atoms in total. The Kier molecular flexibility index (Phi) is 6.42. The van der Waals surface area contributed by atoms with Gasteiger partial charge in [0.25, 0.3) is 0 Å². The molecular weight excluding hydrogens is 262 g/mol. The van der Waals surface area contributed by atoms with E-state index < -0.39 is 5.97 Å². The van der Waals surface area contributed by atoms with Gasteiger partial charge in [0.05, 0.1) is 11.5 Å². The highest BCUT2D eigenvalue weighted by Gasteiger charge is 2.10. The first-order chi connectivity index (χ1) is 9.02. The zero-order valence-corrected chi connectivity index (χ0v) is 12.1. The molecule has 0 aliphatic heterocycles. The highest BCUT2D eigenvalue weighted by molar-refractivity contribution is 8.00. The summed E-state index contributed by atoms with van der Waals surface area (Å²) in [6.45, 7) is 2.65. The zero-order valence-electron chi connectivity index (χ0n) is 11.3. The fourth-order valence-electron chi connectivity index (χ4n) is 1.58. The van der Waals surface area contributed by atoms with E-state index in [1.807, 2.05) is 12.1 Å². The second-order valence-electron chi connectivity index (χ2n) is 4.31. The first-order valence-electron chi connectivity index (χ1n) is 6.14. The van der Waals surface area contributed by atoms with Crippen molar-refractivity contribution in [2.45, 2.75) is 19.9 Å². The van der Waals surface area contributed by atoms with Gasteiger partial charge in [-0.3, -0.25) is 9.59 Å². The molecule has 19 heavy (non-hydrogen) atoms. The van der Waals surface area contributed by atoms with Gasteiger partial charge in [-0.15, -0.1) is 11.8 Å². The normalized spacial score (nSPS) is 10.2. The molecule has 0 aliphatic carbocycles. The molecule has 0 heterocycles. The highest BCUT2D eigenvalue weighted by atomic mass is 32.2. The molecule has 0 saturated heterocycles. The molecule has 0 radical (unpaired) electrons. The number of carbonyl (C=O) groups is 2. The lowest BCUT2D eigenvalue weighted by molar-refractivity contribution is -0.133. The topological polar surface area (TPSA) is 57.6 Å². The molecule has 1 aromatic rings. The predicted octanol–water partition coefficient (Wildman–Crippen LogP) is 2.03. The van der Waals surface area contributed by atoms with Crippen LogP contribution in [0.3, 0.4) is 0 Å². The van der Waals surface area contributed by atoms with Gasteiger partial charge in [-0.2, -0.15) is 0 Å². The van der Waals surface area contributed by atoms with Crippen molar-refractivity contribution in [2.75, 3.05) is 18.6 Å². The molecule has 0 aliphatic rings. The predicted molar refractivity (Wildman–Crippen MR) is 77.3 cm³/mol. The summed E-state index contributed by atoms with van der Waals surface area (Å²) >= 11 is 1.12. The Morgan fingerprint density at radius 2 is 1.74 bits per heavy atom. The van der Waals surface area contributed by atoms with Gasteiger partial charge in [0.1, 0.15) is 0 Å². The van der Waals surface area contributed by atoms with E-state index in [0.717, 1.165) is 23.7 Å². The summed E-state index contributed by atoms with van der Waals surface area (Å²) in [4.78, 5) is 23.7.